The number of hydrogen-bond donors (Lipinski definition) is 0. The highest BCUT2D eigenvalue weighted by atomic mass is 16.2. The molecular weight excluding hydrogens is 342 g/mol. The van der Waals surface area contributed by atoms with E-state index in [1.54, 1.807) is 0 Å². The van der Waals surface area contributed by atoms with Gasteiger partial charge >= 0.3 is 0 Å². The van der Waals surface area contributed by atoms with E-state index in [-0.39, 0.29) is 0 Å². The zero-order chi connectivity index (χ0) is 20.1. The molecule has 0 radical (unpaired) electrons. The Morgan fingerprint density at radius 3 is 2.57 bits per heavy atom. The molecule has 0 aromatic carbocycles. The maximum absolute atomic E-state index is 12.7. The Kier molecular flexibility index (Phi) is 5.64. The standard InChI is InChI=1S/C26H45NO/c1-6-7-8-9-11-19-18(2)23-20-12-10-15-25(20,3)16-13-21(23)26(4)17-14-22(28)27(5)24(19)26/h18-21,23-24H,6-17H2,1-5H3/t18?,19?,20-,21+,23-,24?,25-,26+/m0/s1. The van der Waals surface area contributed by atoms with Crippen molar-refractivity contribution in [3.63, 3.8) is 0 Å². The number of carbonyl (C=O) groups excluding carboxylic acids is 1. The molecule has 1 aliphatic heterocycles. The van der Waals surface area contributed by atoms with Crippen LogP contribution in [0.1, 0.15) is 105 Å². The van der Waals surface area contributed by atoms with Crippen LogP contribution in [0, 0.1) is 40.4 Å². The molecule has 3 unspecified atom stereocenters. The van der Waals surface area contributed by atoms with Crippen LogP contribution in [0.25, 0.3) is 0 Å². The maximum Gasteiger partial charge on any atom is 0.222 e. The maximum atomic E-state index is 12.7. The minimum absolute atomic E-state index is 0.346. The van der Waals surface area contributed by atoms with E-state index < -0.39 is 0 Å². The number of likely N-dealkylation sites (tertiary alicyclic amines) is 1. The number of unbranched alkanes of at least 4 members (excludes halogenated alkanes) is 3. The number of piperidine rings is 1. The highest BCUT2D eigenvalue weighted by Gasteiger charge is 2.63. The highest BCUT2D eigenvalue weighted by Crippen LogP contribution is 2.67. The van der Waals surface area contributed by atoms with Crippen molar-refractivity contribution >= 4 is 5.91 Å². The molecule has 4 aliphatic rings. The van der Waals surface area contributed by atoms with Gasteiger partial charge in [0.15, 0.2) is 0 Å². The van der Waals surface area contributed by atoms with E-state index in [0.717, 1.165) is 36.5 Å². The van der Waals surface area contributed by atoms with E-state index in [2.05, 4.69) is 39.6 Å². The molecule has 0 bridgehead atoms. The Morgan fingerprint density at radius 1 is 1.04 bits per heavy atom. The Balaban J connectivity index is 1.67. The van der Waals surface area contributed by atoms with Gasteiger partial charge in [0.05, 0.1) is 0 Å². The summed E-state index contributed by atoms with van der Waals surface area (Å²) >= 11 is 0. The molecule has 0 spiro atoms. The fourth-order valence-electron chi connectivity index (χ4n) is 8.97. The summed E-state index contributed by atoms with van der Waals surface area (Å²) in [7, 11) is 2.14. The van der Waals surface area contributed by atoms with Crippen LogP contribution in [-0.4, -0.2) is 23.9 Å². The molecule has 0 aromatic heterocycles. The van der Waals surface area contributed by atoms with Crippen LogP contribution in [0.3, 0.4) is 0 Å². The smallest absolute Gasteiger partial charge is 0.222 e. The lowest BCUT2D eigenvalue weighted by atomic mass is 9.42. The van der Waals surface area contributed by atoms with E-state index >= 15 is 0 Å². The molecule has 2 nitrogen and oxygen atoms in total. The SMILES string of the molecule is CCCCCCC1C(C)[C@@H]2[C@@H](CC[C@]3(C)CCC[C@@H]23)[C@@]2(C)CCC(=O)N(C)C12. The van der Waals surface area contributed by atoms with Gasteiger partial charge in [-0.15, -0.1) is 0 Å². The summed E-state index contributed by atoms with van der Waals surface area (Å²) in [5.74, 6) is 4.58. The number of amides is 1. The average Bonchev–Trinajstić information content (AvgIpc) is 3.06. The summed E-state index contributed by atoms with van der Waals surface area (Å²) in [5.41, 5.74) is 0.959. The molecule has 8 atom stereocenters. The molecule has 0 N–H and O–H groups in total. The predicted molar refractivity (Wildman–Crippen MR) is 117 cm³/mol. The van der Waals surface area contributed by atoms with Gasteiger partial charge in [-0.05, 0) is 78.9 Å². The van der Waals surface area contributed by atoms with Crippen LogP contribution in [0.15, 0.2) is 0 Å². The first kappa shape index (κ1) is 20.7. The Morgan fingerprint density at radius 2 is 1.82 bits per heavy atom. The van der Waals surface area contributed by atoms with Gasteiger partial charge in [0.25, 0.3) is 0 Å². The molecule has 4 fully saturated rings. The monoisotopic (exact) mass is 387 g/mol. The zero-order valence-electron chi connectivity index (χ0n) is 19.3. The second-order valence-electron chi connectivity index (χ2n) is 11.7. The molecule has 1 heterocycles. The second kappa shape index (κ2) is 7.62. The molecule has 2 heteroatoms. The van der Waals surface area contributed by atoms with E-state index in [1.807, 2.05) is 0 Å². The summed E-state index contributed by atoms with van der Waals surface area (Å²) in [4.78, 5) is 15.0. The van der Waals surface area contributed by atoms with Gasteiger partial charge in [0.1, 0.15) is 0 Å². The zero-order valence-corrected chi connectivity index (χ0v) is 19.3. The van der Waals surface area contributed by atoms with Crippen molar-refractivity contribution in [1.29, 1.82) is 0 Å². The molecule has 0 aromatic rings. The molecular formula is C26H45NO. The number of hydrogen-bond acceptors (Lipinski definition) is 1. The van der Waals surface area contributed by atoms with Crippen molar-refractivity contribution < 1.29 is 4.79 Å². The van der Waals surface area contributed by atoms with Crippen molar-refractivity contribution in [3.05, 3.63) is 0 Å². The van der Waals surface area contributed by atoms with Gasteiger partial charge in [0.2, 0.25) is 5.91 Å². The van der Waals surface area contributed by atoms with Crippen LogP contribution in [-0.2, 0) is 4.79 Å². The van der Waals surface area contributed by atoms with Gasteiger partial charge in [0, 0.05) is 19.5 Å². The van der Waals surface area contributed by atoms with Gasteiger partial charge in [-0.3, -0.25) is 4.79 Å². The number of carbonyl (C=O) groups is 1. The van der Waals surface area contributed by atoms with E-state index in [1.165, 1.54) is 64.2 Å². The van der Waals surface area contributed by atoms with Crippen LogP contribution in [0.5, 0.6) is 0 Å². The van der Waals surface area contributed by atoms with E-state index in [4.69, 9.17) is 0 Å². The fourth-order valence-corrected chi connectivity index (χ4v) is 8.97. The fraction of sp³-hybridized carbons (Fsp3) is 0.962. The summed E-state index contributed by atoms with van der Waals surface area (Å²) in [6.45, 7) is 10.1. The summed E-state index contributed by atoms with van der Waals surface area (Å²) in [6, 6.07) is 0.484. The molecule has 160 valence electrons. The first-order valence-corrected chi connectivity index (χ1v) is 12.6. The molecule has 3 aliphatic carbocycles. The lowest BCUT2D eigenvalue weighted by molar-refractivity contribution is -0.181. The molecule has 1 amide bonds. The van der Waals surface area contributed by atoms with E-state index in [9.17, 15) is 4.79 Å². The quantitative estimate of drug-likeness (QED) is 0.482. The number of fused-ring (bicyclic) bond motifs is 5. The lowest BCUT2D eigenvalue weighted by Gasteiger charge is -2.66. The van der Waals surface area contributed by atoms with Crippen LogP contribution < -0.4 is 0 Å². The third-order valence-corrected chi connectivity index (χ3v) is 10.4. The normalized spacial score (nSPS) is 48.2. The first-order chi connectivity index (χ1) is 13.3. The largest absolute Gasteiger partial charge is 0.342 e. The molecule has 3 saturated carbocycles. The van der Waals surface area contributed by atoms with Crippen molar-refractivity contribution in [2.45, 2.75) is 111 Å². The minimum atomic E-state index is 0.346. The predicted octanol–water partition coefficient (Wildman–Crippen LogP) is 6.68. The van der Waals surface area contributed by atoms with Gasteiger partial charge in [-0.1, -0.05) is 59.8 Å². The summed E-state index contributed by atoms with van der Waals surface area (Å²) in [6.07, 6.45) is 15.9. The molecule has 1 saturated heterocycles. The van der Waals surface area contributed by atoms with Crippen molar-refractivity contribution in [1.82, 2.24) is 4.90 Å². The Labute approximate surface area is 174 Å². The lowest BCUT2D eigenvalue weighted by Crippen LogP contribution is -2.66. The van der Waals surface area contributed by atoms with Gasteiger partial charge < -0.3 is 4.90 Å². The number of rotatable bonds is 5. The number of nitrogens with zero attached hydrogens (tertiary/aromatic N) is 1. The first-order valence-electron chi connectivity index (χ1n) is 12.6. The van der Waals surface area contributed by atoms with Crippen molar-refractivity contribution in [2.75, 3.05) is 7.05 Å². The van der Waals surface area contributed by atoms with Crippen LogP contribution >= 0.6 is 0 Å². The van der Waals surface area contributed by atoms with Crippen molar-refractivity contribution in [2.24, 2.45) is 40.4 Å². The molecule has 28 heavy (non-hydrogen) atoms. The minimum Gasteiger partial charge on any atom is -0.342 e. The van der Waals surface area contributed by atoms with Crippen LogP contribution in [0.4, 0.5) is 0 Å². The molecule has 4 rings (SSSR count). The Hall–Kier alpha value is -0.530. The van der Waals surface area contributed by atoms with E-state index in [0.29, 0.717) is 28.7 Å². The Bertz CT molecular complexity index is 587. The third-order valence-electron chi connectivity index (χ3n) is 10.4. The van der Waals surface area contributed by atoms with Gasteiger partial charge in [-0.25, -0.2) is 0 Å². The summed E-state index contributed by atoms with van der Waals surface area (Å²) < 4.78 is 0. The topological polar surface area (TPSA) is 20.3 Å². The van der Waals surface area contributed by atoms with Crippen LogP contribution in [0.2, 0.25) is 0 Å². The third kappa shape index (κ3) is 3.07. The van der Waals surface area contributed by atoms with Crippen molar-refractivity contribution in [3.8, 4) is 0 Å². The average molecular weight is 388 g/mol. The summed E-state index contributed by atoms with van der Waals surface area (Å²) in [5, 5.41) is 0. The van der Waals surface area contributed by atoms with Gasteiger partial charge in [-0.2, -0.15) is 0 Å². The second-order valence-corrected chi connectivity index (χ2v) is 11.7. The highest BCUT2D eigenvalue weighted by molar-refractivity contribution is 5.77.